The van der Waals surface area contributed by atoms with Gasteiger partial charge in [-0.2, -0.15) is 0 Å². The van der Waals surface area contributed by atoms with Crippen molar-refractivity contribution in [2.45, 2.75) is 96.5 Å². The van der Waals surface area contributed by atoms with Crippen molar-refractivity contribution in [2.75, 3.05) is 10.6 Å². The Kier molecular flexibility index (Phi) is 15.2. The minimum Gasteiger partial charge on any atom is -0.478 e. The summed E-state index contributed by atoms with van der Waals surface area (Å²) in [6.07, 6.45) is 14.4. The molecule has 2 rings (SSSR count). The quantitative estimate of drug-likeness (QED) is 0.0618. The second-order valence-electron chi connectivity index (χ2n) is 9.56. The predicted molar refractivity (Wildman–Crippen MR) is 153 cm³/mol. The number of anilines is 2. The van der Waals surface area contributed by atoms with E-state index in [4.69, 9.17) is 10.6 Å². The number of hydrazine groups is 1. The third-order valence-electron chi connectivity index (χ3n) is 6.40. The number of unbranched alkanes of at least 4 members (excludes halogenated alkanes) is 11. The zero-order valence-electron chi connectivity index (χ0n) is 22.7. The first-order valence-electron chi connectivity index (χ1n) is 14.0. The lowest BCUT2D eigenvalue weighted by molar-refractivity contribution is -0.133. The molecule has 0 fully saturated rings. The molecule has 1 unspecified atom stereocenters. The van der Waals surface area contributed by atoms with Gasteiger partial charge in [0, 0.05) is 5.69 Å². The van der Waals surface area contributed by atoms with E-state index in [1.807, 2.05) is 6.07 Å². The molecule has 0 aromatic heterocycles. The Labute approximate surface area is 227 Å². The number of ether oxygens (including phenoxy) is 1. The topological polar surface area (TPSA) is 123 Å². The predicted octanol–water partition coefficient (Wildman–Crippen LogP) is 6.09. The third-order valence-corrected chi connectivity index (χ3v) is 6.40. The van der Waals surface area contributed by atoms with Gasteiger partial charge in [0.25, 0.3) is 5.91 Å². The zero-order chi connectivity index (χ0) is 27.4. The summed E-state index contributed by atoms with van der Waals surface area (Å²) >= 11 is 0. The van der Waals surface area contributed by atoms with E-state index in [1.54, 1.807) is 48.5 Å². The normalized spacial score (nSPS) is 11.4. The number of benzene rings is 2. The van der Waals surface area contributed by atoms with Crippen LogP contribution in [0.4, 0.5) is 11.4 Å². The van der Waals surface area contributed by atoms with Gasteiger partial charge < -0.3 is 15.4 Å². The molecule has 0 heterocycles. The molecule has 208 valence electrons. The van der Waals surface area contributed by atoms with Crippen LogP contribution in [0.15, 0.2) is 54.6 Å². The van der Waals surface area contributed by atoms with Crippen molar-refractivity contribution in [3.63, 3.8) is 0 Å². The standard InChI is InChI=1S/C30H44N4O4/c1-2-3-4-5-6-7-8-9-10-11-12-16-23-27(28(35)34-31)38-26-22-18-17-21-25(26)33-30(37)29(36)32-24-19-14-13-15-20-24/h13-15,17-22,27H,2-12,16,23,31H2,1H3,(H,32,36)(H,33,37)(H,34,35). The van der Waals surface area contributed by atoms with Gasteiger partial charge in [-0.05, 0) is 37.1 Å². The molecule has 1 atom stereocenters. The van der Waals surface area contributed by atoms with Gasteiger partial charge in [0.1, 0.15) is 5.75 Å². The molecular formula is C30H44N4O4. The highest BCUT2D eigenvalue weighted by atomic mass is 16.5. The average molecular weight is 525 g/mol. The van der Waals surface area contributed by atoms with Crippen LogP contribution in [0.5, 0.6) is 5.75 Å². The maximum atomic E-state index is 12.5. The van der Waals surface area contributed by atoms with Gasteiger partial charge in [0.15, 0.2) is 6.10 Å². The second-order valence-corrected chi connectivity index (χ2v) is 9.56. The Hall–Kier alpha value is -3.39. The van der Waals surface area contributed by atoms with Crippen LogP contribution >= 0.6 is 0 Å². The highest BCUT2D eigenvalue weighted by Crippen LogP contribution is 2.26. The summed E-state index contributed by atoms with van der Waals surface area (Å²) < 4.78 is 5.96. The van der Waals surface area contributed by atoms with Crippen molar-refractivity contribution in [1.82, 2.24) is 5.43 Å². The van der Waals surface area contributed by atoms with Crippen molar-refractivity contribution in [1.29, 1.82) is 0 Å². The number of nitrogens with two attached hydrogens (primary N) is 1. The van der Waals surface area contributed by atoms with Crippen molar-refractivity contribution in [3.8, 4) is 5.75 Å². The van der Waals surface area contributed by atoms with Crippen LogP contribution in [0.25, 0.3) is 0 Å². The fourth-order valence-corrected chi connectivity index (χ4v) is 4.22. The molecule has 5 N–H and O–H groups in total. The van der Waals surface area contributed by atoms with Gasteiger partial charge in [-0.3, -0.25) is 19.8 Å². The number of amides is 3. The number of nitrogens with one attached hydrogen (secondary N) is 3. The van der Waals surface area contributed by atoms with Crippen molar-refractivity contribution in [3.05, 3.63) is 54.6 Å². The first kappa shape index (κ1) is 30.8. The molecule has 8 nitrogen and oxygen atoms in total. The van der Waals surface area contributed by atoms with Gasteiger partial charge in [-0.25, -0.2) is 5.84 Å². The van der Waals surface area contributed by atoms with E-state index in [-0.39, 0.29) is 0 Å². The van der Waals surface area contributed by atoms with Crippen LogP contribution in [0, 0.1) is 0 Å². The first-order chi connectivity index (χ1) is 18.5. The largest absolute Gasteiger partial charge is 0.478 e. The lowest BCUT2D eigenvalue weighted by Gasteiger charge is -2.20. The summed E-state index contributed by atoms with van der Waals surface area (Å²) in [5.74, 6) is 3.60. The molecule has 3 amide bonds. The molecule has 38 heavy (non-hydrogen) atoms. The second kappa shape index (κ2) is 18.8. The summed E-state index contributed by atoms with van der Waals surface area (Å²) in [5.41, 5.74) is 2.98. The molecule has 2 aromatic rings. The lowest BCUT2D eigenvalue weighted by Crippen LogP contribution is -2.42. The van der Waals surface area contributed by atoms with E-state index >= 15 is 0 Å². The summed E-state index contributed by atoms with van der Waals surface area (Å²) in [4.78, 5) is 37.1. The molecule has 2 aromatic carbocycles. The van der Waals surface area contributed by atoms with E-state index in [9.17, 15) is 14.4 Å². The van der Waals surface area contributed by atoms with E-state index in [2.05, 4.69) is 23.0 Å². The molecule has 0 radical (unpaired) electrons. The van der Waals surface area contributed by atoms with Gasteiger partial charge >= 0.3 is 11.8 Å². The lowest BCUT2D eigenvalue weighted by atomic mass is 10.0. The van der Waals surface area contributed by atoms with Crippen LogP contribution in [-0.4, -0.2) is 23.8 Å². The minimum atomic E-state index is -0.842. The number of hydrogen-bond donors (Lipinski definition) is 4. The molecule has 8 heteroatoms. The Bertz CT molecular complexity index is 968. The Balaban J connectivity index is 1.78. The van der Waals surface area contributed by atoms with Crippen molar-refractivity contribution < 1.29 is 19.1 Å². The highest BCUT2D eigenvalue weighted by Gasteiger charge is 2.22. The molecule has 0 spiro atoms. The number of hydrogen-bond acceptors (Lipinski definition) is 5. The molecule has 0 aliphatic rings. The van der Waals surface area contributed by atoms with Crippen molar-refractivity contribution in [2.24, 2.45) is 5.84 Å². The third kappa shape index (κ3) is 12.2. The number of rotatable bonds is 18. The van der Waals surface area contributed by atoms with Crippen LogP contribution in [0.2, 0.25) is 0 Å². The molecule has 0 saturated heterocycles. The van der Waals surface area contributed by atoms with E-state index in [1.165, 1.54) is 57.8 Å². The van der Waals surface area contributed by atoms with Crippen LogP contribution in [0.3, 0.4) is 0 Å². The molecule has 0 bridgehead atoms. The van der Waals surface area contributed by atoms with Crippen LogP contribution in [-0.2, 0) is 14.4 Å². The van der Waals surface area contributed by atoms with Crippen molar-refractivity contribution >= 4 is 29.1 Å². The van der Waals surface area contributed by atoms with E-state index < -0.39 is 23.8 Å². The van der Waals surface area contributed by atoms with E-state index in [0.29, 0.717) is 23.5 Å². The van der Waals surface area contributed by atoms with Gasteiger partial charge in [-0.15, -0.1) is 0 Å². The Morgan fingerprint density at radius 1 is 0.711 bits per heavy atom. The fourth-order valence-electron chi connectivity index (χ4n) is 4.22. The zero-order valence-corrected chi connectivity index (χ0v) is 22.7. The summed E-state index contributed by atoms with van der Waals surface area (Å²) in [6.45, 7) is 2.24. The molecular weight excluding hydrogens is 480 g/mol. The van der Waals surface area contributed by atoms with Gasteiger partial charge in [0.05, 0.1) is 5.69 Å². The summed E-state index contributed by atoms with van der Waals surface area (Å²) in [7, 11) is 0. The summed E-state index contributed by atoms with van der Waals surface area (Å²) in [5, 5.41) is 5.11. The number of para-hydroxylation sites is 3. The monoisotopic (exact) mass is 524 g/mol. The number of carbonyl (C=O) groups excluding carboxylic acids is 3. The van der Waals surface area contributed by atoms with E-state index in [0.717, 1.165) is 19.3 Å². The smallest absolute Gasteiger partial charge is 0.314 e. The molecule has 0 aliphatic heterocycles. The summed E-state index contributed by atoms with van der Waals surface area (Å²) in [6, 6.07) is 15.4. The minimum absolute atomic E-state index is 0.292. The van der Waals surface area contributed by atoms with Crippen LogP contribution < -0.4 is 26.6 Å². The van der Waals surface area contributed by atoms with Gasteiger partial charge in [0.2, 0.25) is 0 Å². The number of carbonyl (C=O) groups is 3. The Morgan fingerprint density at radius 3 is 1.84 bits per heavy atom. The average Bonchev–Trinajstić information content (AvgIpc) is 2.94. The molecule has 0 saturated carbocycles. The SMILES string of the molecule is CCCCCCCCCCCCCCC(Oc1ccccc1NC(=O)C(=O)Nc1ccccc1)C(=O)NN. The Morgan fingerprint density at radius 2 is 1.24 bits per heavy atom. The fraction of sp³-hybridized carbons (Fsp3) is 0.500. The maximum absolute atomic E-state index is 12.5. The van der Waals surface area contributed by atoms with Gasteiger partial charge in [-0.1, -0.05) is 108 Å². The first-order valence-corrected chi connectivity index (χ1v) is 14.0. The molecule has 0 aliphatic carbocycles. The highest BCUT2D eigenvalue weighted by molar-refractivity contribution is 6.43. The maximum Gasteiger partial charge on any atom is 0.314 e. The van der Waals surface area contributed by atoms with Crippen LogP contribution in [0.1, 0.15) is 90.4 Å².